The zero-order chi connectivity index (χ0) is 11.5. The first-order valence-corrected chi connectivity index (χ1v) is 6.44. The highest BCUT2D eigenvalue weighted by Gasteiger charge is 2.15. The molecule has 2 aromatic rings. The summed E-state index contributed by atoms with van der Waals surface area (Å²) in [5, 5.41) is 1.13. The van der Waals surface area contributed by atoms with Crippen LogP contribution < -0.4 is 4.74 Å². The lowest BCUT2D eigenvalue weighted by Gasteiger charge is -2.23. The van der Waals surface area contributed by atoms with E-state index in [9.17, 15) is 0 Å². The molecule has 0 aliphatic heterocycles. The lowest BCUT2D eigenvalue weighted by atomic mass is 9.98. The van der Waals surface area contributed by atoms with E-state index in [1.807, 2.05) is 30.5 Å². The average Bonchev–Trinajstić information content (AvgIpc) is 2.40. The molecule has 2 heteroatoms. The van der Waals surface area contributed by atoms with Gasteiger partial charge in [-0.05, 0) is 43.9 Å². The van der Waals surface area contributed by atoms with Gasteiger partial charge in [-0.1, -0.05) is 18.6 Å². The van der Waals surface area contributed by atoms with Crippen molar-refractivity contribution in [3.63, 3.8) is 0 Å². The van der Waals surface area contributed by atoms with Crippen LogP contribution in [0.1, 0.15) is 32.1 Å². The van der Waals surface area contributed by atoms with E-state index in [2.05, 4.69) is 11.1 Å². The Kier molecular flexibility index (Phi) is 2.95. The highest BCUT2D eigenvalue weighted by molar-refractivity contribution is 5.84. The molecule has 0 saturated heterocycles. The Labute approximate surface area is 102 Å². The fraction of sp³-hybridized carbons (Fsp3) is 0.400. The Bertz CT molecular complexity index is 498. The van der Waals surface area contributed by atoms with E-state index < -0.39 is 0 Å². The van der Waals surface area contributed by atoms with Crippen LogP contribution in [0.25, 0.3) is 10.9 Å². The standard InChI is InChI=1S/C15H17NO/c1-2-6-12(7-3-1)17-15-10-11-16-14-9-5-4-8-13(14)15/h4-5,8-12H,1-3,6-7H2. The summed E-state index contributed by atoms with van der Waals surface area (Å²) in [6.07, 6.45) is 8.57. The van der Waals surface area contributed by atoms with Crippen LogP contribution in [0, 0.1) is 0 Å². The molecule has 0 atom stereocenters. The summed E-state index contributed by atoms with van der Waals surface area (Å²) in [4.78, 5) is 4.35. The number of pyridine rings is 1. The van der Waals surface area contributed by atoms with Gasteiger partial charge in [-0.2, -0.15) is 0 Å². The van der Waals surface area contributed by atoms with E-state index in [1.165, 1.54) is 32.1 Å². The Morgan fingerprint density at radius 3 is 2.71 bits per heavy atom. The molecule has 2 nitrogen and oxygen atoms in total. The molecule has 0 spiro atoms. The summed E-state index contributed by atoms with van der Waals surface area (Å²) in [5.41, 5.74) is 1.01. The van der Waals surface area contributed by atoms with Crippen molar-refractivity contribution in [2.75, 3.05) is 0 Å². The Hall–Kier alpha value is -1.57. The van der Waals surface area contributed by atoms with Gasteiger partial charge in [0.15, 0.2) is 0 Å². The molecule has 1 aromatic carbocycles. The predicted octanol–water partition coefficient (Wildman–Crippen LogP) is 3.95. The van der Waals surface area contributed by atoms with Gasteiger partial charge in [0.25, 0.3) is 0 Å². The molecule has 1 aliphatic carbocycles. The molecule has 1 aliphatic rings. The highest BCUT2D eigenvalue weighted by atomic mass is 16.5. The van der Waals surface area contributed by atoms with Crippen LogP contribution in [-0.4, -0.2) is 11.1 Å². The van der Waals surface area contributed by atoms with Crippen molar-refractivity contribution >= 4 is 10.9 Å². The average molecular weight is 227 g/mol. The molecule has 17 heavy (non-hydrogen) atoms. The van der Waals surface area contributed by atoms with Crippen molar-refractivity contribution in [1.29, 1.82) is 0 Å². The maximum Gasteiger partial charge on any atom is 0.130 e. The maximum absolute atomic E-state index is 6.13. The molecule has 0 bridgehead atoms. The van der Waals surface area contributed by atoms with Gasteiger partial charge in [0, 0.05) is 11.6 Å². The number of hydrogen-bond acceptors (Lipinski definition) is 2. The zero-order valence-electron chi connectivity index (χ0n) is 9.93. The van der Waals surface area contributed by atoms with Gasteiger partial charge in [0.05, 0.1) is 11.6 Å². The number of nitrogens with zero attached hydrogens (tertiary/aromatic N) is 1. The van der Waals surface area contributed by atoms with E-state index in [-0.39, 0.29) is 0 Å². The molecule has 0 N–H and O–H groups in total. The lowest BCUT2D eigenvalue weighted by molar-refractivity contribution is 0.157. The first-order valence-electron chi connectivity index (χ1n) is 6.44. The summed E-state index contributed by atoms with van der Waals surface area (Å²) < 4.78 is 6.13. The molecule has 0 amide bonds. The van der Waals surface area contributed by atoms with Gasteiger partial charge >= 0.3 is 0 Å². The molecular weight excluding hydrogens is 210 g/mol. The van der Waals surface area contributed by atoms with Crippen LogP contribution in [-0.2, 0) is 0 Å². The van der Waals surface area contributed by atoms with E-state index >= 15 is 0 Å². The van der Waals surface area contributed by atoms with Gasteiger partial charge in [0.2, 0.25) is 0 Å². The lowest BCUT2D eigenvalue weighted by Crippen LogP contribution is -2.19. The van der Waals surface area contributed by atoms with Crippen LogP contribution in [0.3, 0.4) is 0 Å². The molecular formula is C15H17NO. The molecule has 0 unspecified atom stereocenters. The van der Waals surface area contributed by atoms with E-state index in [1.54, 1.807) is 0 Å². The number of rotatable bonds is 2. The van der Waals surface area contributed by atoms with Crippen molar-refractivity contribution < 1.29 is 4.74 Å². The second-order valence-electron chi connectivity index (χ2n) is 4.70. The fourth-order valence-electron chi connectivity index (χ4n) is 2.53. The maximum atomic E-state index is 6.13. The largest absolute Gasteiger partial charge is 0.490 e. The Morgan fingerprint density at radius 1 is 1.00 bits per heavy atom. The molecule has 1 aromatic heterocycles. The van der Waals surface area contributed by atoms with Crippen LogP contribution in [0.4, 0.5) is 0 Å². The third kappa shape index (κ3) is 2.26. The molecule has 1 fully saturated rings. The topological polar surface area (TPSA) is 22.1 Å². The number of ether oxygens (including phenoxy) is 1. The van der Waals surface area contributed by atoms with Gasteiger partial charge in [-0.15, -0.1) is 0 Å². The fourth-order valence-corrected chi connectivity index (χ4v) is 2.53. The monoisotopic (exact) mass is 227 g/mol. The smallest absolute Gasteiger partial charge is 0.130 e. The highest BCUT2D eigenvalue weighted by Crippen LogP contribution is 2.28. The minimum atomic E-state index is 0.398. The third-order valence-corrected chi connectivity index (χ3v) is 3.45. The molecule has 88 valence electrons. The number of fused-ring (bicyclic) bond motifs is 1. The summed E-state index contributed by atoms with van der Waals surface area (Å²) in [7, 11) is 0. The summed E-state index contributed by atoms with van der Waals surface area (Å²) in [6.45, 7) is 0. The summed E-state index contributed by atoms with van der Waals surface area (Å²) in [5.74, 6) is 0.988. The van der Waals surface area contributed by atoms with Gasteiger partial charge < -0.3 is 4.74 Å². The van der Waals surface area contributed by atoms with Crippen molar-refractivity contribution in [3.8, 4) is 5.75 Å². The molecule has 1 heterocycles. The SMILES string of the molecule is c1ccc2c(OC3CCCCC3)ccnc2c1. The quantitative estimate of drug-likeness (QED) is 0.775. The van der Waals surface area contributed by atoms with Crippen molar-refractivity contribution in [1.82, 2.24) is 4.98 Å². The number of benzene rings is 1. The zero-order valence-corrected chi connectivity index (χ0v) is 9.93. The van der Waals surface area contributed by atoms with E-state index in [0.29, 0.717) is 6.10 Å². The van der Waals surface area contributed by atoms with Gasteiger partial charge in [0.1, 0.15) is 5.75 Å². The van der Waals surface area contributed by atoms with Crippen LogP contribution in [0.15, 0.2) is 36.5 Å². The second-order valence-corrected chi connectivity index (χ2v) is 4.70. The number of hydrogen-bond donors (Lipinski definition) is 0. The molecule has 3 rings (SSSR count). The third-order valence-electron chi connectivity index (χ3n) is 3.45. The summed E-state index contributed by atoms with van der Waals surface area (Å²) in [6, 6.07) is 10.2. The van der Waals surface area contributed by atoms with Gasteiger partial charge in [-0.25, -0.2) is 0 Å². The molecule has 1 saturated carbocycles. The first kappa shape index (κ1) is 10.6. The van der Waals surface area contributed by atoms with E-state index in [4.69, 9.17) is 4.74 Å². The summed E-state index contributed by atoms with van der Waals surface area (Å²) >= 11 is 0. The van der Waals surface area contributed by atoms with Crippen molar-refractivity contribution in [2.45, 2.75) is 38.2 Å². The van der Waals surface area contributed by atoms with Crippen LogP contribution in [0.2, 0.25) is 0 Å². The second kappa shape index (κ2) is 4.74. The van der Waals surface area contributed by atoms with Crippen molar-refractivity contribution in [2.24, 2.45) is 0 Å². The Balaban J connectivity index is 1.89. The Morgan fingerprint density at radius 2 is 1.82 bits per heavy atom. The van der Waals surface area contributed by atoms with Crippen LogP contribution >= 0.6 is 0 Å². The number of para-hydroxylation sites is 1. The minimum absolute atomic E-state index is 0.398. The minimum Gasteiger partial charge on any atom is -0.490 e. The number of aromatic nitrogens is 1. The first-order chi connectivity index (χ1) is 8.43. The van der Waals surface area contributed by atoms with E-state index in [0.717, 1.165) is 16.7 Å². The van der Waals surface area contributed by atoms with Crippen LogP contribution in [0.5, 0.6) is 5.75 Å². The normalized spacial score (nSPS) is 17.2. The van der Waals surface area contributed by atoms with Gasteiger partial charge in [-0.3, -0.25) is 4.98 Å². The predicted molar refractivity (Wildman–Crippen MR) is 69.2 cm³/mol. The van der Waals surface area contributed by atoms with Crippen molar-refractivity contribution in [3.05, 3.63) is 36.5 Å². The molecule has 0 radical (unpaired) electrons.